The van der Waals surface area contributed by atoms with Crippen LogP contribution in [0.15, 0.2) is 24.3 Å². The van der Waals surface area contributed by atoms with E-state index in [9.17, 15) is 13.2 Å². The summed E-state index contributed by atoms with van der Waals surface area (Å²) in [5, 5.41) is 3.10. The van der Waals surface area contributed by atoms with Crippen LogP contribution in [0.5, 0.6) is 0 Å². The number of sulfonamides is 1. The van der Waals surface area contributed by atoms with Crippen molar-refractivity contribution in [3.63, 3.8) is 0 Å². The molecule has 140 valence electrons. The zero-order valence-electron chi connectivity index (χ0n) is 15.5. The third kappa shape index (κ3) is 5.46. The summed E-state index contributed by atoms with van der Waals surface area (Å²) in [7, 11) is -3.56. The van der Waals surface area contributed by atoms with Gasteiger partial charge in [-0.1, -0.05) is 50.3 Å². The third-order valence-corrected chi connectivity index (χ3v) is 6.00. The zero-order valence-corrected chi connectivity index (χ0v) is 16.3. The standard InChI is InChI=1S/C19H30N2O3S/c1-4-18(19(22)20-16-9-7-5-6-8-10-16)21(25(3,23)24)17-13-11-15(2)12-14-17/h11-14,16,18H,4-10H2,1-3H3,(H,20,22). The van der Waals surface area contributed by atoms with Gasteiger partial charge in [-0.05, 0) is 38.3 Å². The number of aryl methyl sites for hydroxylation is 1. The third-order valence-electron chi connectivity index (χ3n) is 4.82. The number of carbonyl (C=O) groups excluding carboxylic acids is 1. The van der Waals surface area contributed by atoms with Crippen molar-refractivity contribution in [3.05, 3.63) is 29.8 Å². The maximum absolute atomic E-state index is 12.9. The monoisotopic (exact) mass is 366 g/mol. The van der Waals surface area contributed by atoms with Crippen LogP contribution in [0.2, 0.25) is 0 Å². The quantitative estimate of drug-likeness (QED) is 0.785. The van der Waals surface area contributed by atoms with Gasteiger partial charge in [0.2, 0.25) is 15.9 Å². The number of amides is 1. The number of nitrogens with one attached hydrogen (secondary N) is 1. The Bertz CT molecular complexity index is 662. The SMILES string of the molecule is CCC(C(=O)NC1CCCCCC1)N(c1ccc(C)cc1)S(C)(=O)=O. The Labute approximate surface area is 151 Å². The number of anilines is 1. The minimum atomic E-state index is -3.56. The van der Waals surface area contributed by atoms with Crippen LogP contribution in [0, 0.1) is 6.92 Å². The lowest BCUT2D eigenvalue weighted by molar-refractivity contribution is -0.123. The molecule has 1 aliphatic rings. The molecule has 1 atom stereocenters. The second-order valence-corrected chi connectivity index (χ2v) is 8.87. The van der Waals surface area contributed by atoms with Crippen LogP contribution in [0.4, 0.5) is 5.69 Å². The molecule has 0 saturated heterocycles. The maximum Gasteiger partial charge on any atom is 0.244 e. The first-order valence-corrected chi connectivity index (χ1v) is 11.0. The van der Waals surface area contributed by atoms with Crippen molar-refractivity contribution in [2.75, 3.05) is 10.6 Å². The molecule has 1 saturated carbocycles. The molecule has 1 fully saturated rings. The van der Waals surface area contributed by atoms with Crippen LogP contribution < -0.4 is 9.62 Å². The van der Waals surface area contributed by atoms with Crippen molar-refractivity contribution in [2.45, 2.75) is 70.9 Å². The number of benzene rings is 1. The van der Waals surface area contributed by atoms with Crippen molar-refractivity contribution >= 4 is 21.6 Å². The Hall–Kier alpha value is -1.56. The molecule has 1 N–H and O–H groups in total. The summed E-state index contributed by atoms with van der Waals surface area (Å²) in [6.45, 7) is 3.80. The van der Waals surface area contributed by atoms with Gasteiger partial charge in [0.25, 0.3) is 0 Å². The highest BCUT2D eigenvalue weighted by Gasteiger charge is 2.32. The smallest absolute Gasteiger partial charge is 0.244 e. The van der Waals surface area contributed by atoms with E-state index in [2.05, 4.69) is 5.32 Å². The van der Waals surface area contributed by atoms with E-state index in [1.54, 1.807) is 12.1 Å². The van der Waals surface area contributed by atoms with Crippen LogP contribution in [-0.4, -0.2) is 32.7 Å². The van der Waals surface area contributed by atoms with Gasteiger partial charge in [0.15, 0.2) is 0 Å². The van der Waals surface area contributed by atoms with Gasteiger partial charge < -0.3 is 5.32 Å². The number of hydrogen-bond donors (Lipinski definition) is 1. The minimum Gasteiger partial charge on any atom is -0.352 e. The van der Waals surface area contributed by atoms with E-state index < -0.39 is 16.1 Å². The highest BCUT2D eigenvalue weighted by molar-refractivity contribution is 7.92. The van der Waals surface area contributed by atoms with E-state index in [4.69, 9.17) is 0 Å². The molecule has 0 radical (unpaired) electrons. The molecule has 6 heteroatoms. The van der Waals surface area contributed by atoms with Gasteiger partial charge in [-0.25, -0.2) is 8.42 Å². The number of carbonyl (C=O) groups is 1. The van der Waals surface area contributed by atoms with Crippen LogP contribution in [0.1, 0.15) is 57.4 Å². The molecule has 1 aromatic carbocycles. The van der Waals surface area contributed by atoms with Gasteiger partial charge in [-0.3, -0.25) is 9.10 Å². The predicted molar refractivity (Wildman–Crippen MR) is 102 cm³/mol. The predicted octanol–water partition coefficient (Wildman–Crippen LogP) is 3.38. The molecular weight excluding hydrogens is 336 g/mol. The molecule has 1 aliphatic carbocycles. The van der Waals surface area contributed by atoms with Gasteiger partial charge in [0, 0.05) is 6.04 Å². The first-order valence-electron chi connectivity index (χ1n) is 9.19. The van der Waals surface area contributed by atoms with E-state index in [0.29, 0.717) is 12.1 Å². The molecule has 1 amide bonds. The normalized spacial score (nSPS) is 17.6. The highest BCUT2D eigenvalue weighted by atomic mass is 32.2. The van der Waals surface area contributed by atoms with E-state index >= 15 is 0 Å². The molecule has 25 heavy (non-hydrogen) atoms. The van der Waals surface area contributed by atoms with Crippen LogP contribution in [0.3, 0.4) is 0 Å². The van der Waals surface area contributed by atoms with E-state index in [0.717, 1.165) is 37.5 Å². The first kappa shape index (κ1) is 19.8. The van der Waals surface area contributed by atoms with E-state index in [-0.39, 0.29) is 11.9 Å². The summed E-state index contributed by atoms with van der Waals surface area (Å²) in [5.41, 5.74) is 1.59. The van der Waals surface area contributed by atoms with Gasteiger partial charge in [0.05, 0.1) is 11.9 Å². The topological polar surface area (TPSA) is 66.5 Å². The summed E-state index contributed by atoms with van der Waals surface area (Å²) in [6.07, 6.45) is 8.21. The second-order valence-electron chi connectivity index (χ2n) is 7.02. The molecular formula is C19H30N2O3S. The summed E-state index contributed by atoms with van der Waals surface area (Å²) < 4.78 is 26.1. The maximum atomic E-state index is 12.9. The van der Waals surface area contributed by atoms with Crippen LogP contribution in [-0.2, 0) is 14.8 Å². The lowest BCUT2D eigenvalue weighted by Gasteiger charge is -2.31. The fourth-order valence-electron chi connectivity index (χ4n) is 3.47. The van der Waals surface area contributed by atoms with E-state index in [1.165, 1.54) is 17.1 Å². The molecule has 0 bridgehead atoms. The Morgan fingerprint density at radius 3 is 2.20 bits per heavy atom. The van der Waals surface area contributed by atoms with Crippen molar-refractivity contribution in [1.82, 2.24) is 5.32 Å². The van der Waals surface area contributed by atoms with Crippen LogP contribution in [0.25, 0.3) is 0 Å². The molecule has 2 rings (SSSR count). The lowest BCUT2D eigenvalue weighted by atomic mass is 10.1. The van der Waals surface area contributed by atoms with Crippen molar-refractivity contribution < 1.29 is 13.2 Å². The molecule has 0 spiro atoms. The highest BCUT2D eigenvalue weighted by Crippen LogP contribution is 2.24. The number of rotatable bonds is 6. The van der Waals surface area contributed by atoms with Gasteiger partial charge in [-0.15, -0.1) is 0 Å². The average Bonchev–Trinajstić information content (AvgIpc) is 2.81. The summed E-state index contributed by atoms with van der Waals surface area (Å²) in [5.74, 6) is -0.194. The molecule has 5 nitrogen and oxygen atoms in total. The molecule has 0 heterocycles. The number of nitrogens with zero attached hydrogens (tertiary/aromatic N) is 1. The zero-order chi connectivity index (χ0) is 18.4. The fourth-order valence-corrected chi connectivity index (χ4v) is 4.68. The Kier molecular flexibility index (Phi) is 6.87. The van der Waals surface area contributed by atoms with Gasteiger partial charge in [-0.2, -0.15) is 0 Å². The van der Waals surface area contributed by atoms with Crippen molar-refractivity contribution in [3.8, 4) is 0 Å². The van der Waals surface area contributed by atoms with Crippen molar-refractivity contribution in [1.29, 1.82) is 0 Å². The molecule has 0 aliphatic heterocycles. The second kappa shape index (κ2) is 8.70. The molecule has 0 aromatic heterocycles. The minimum absolute atomic E-state index is 0.156. The Balaban J connectivity index is 2.23. The average molecular weight is 367 g/mol. The fraction of sp³-hybridized carbons (Fsp3) is 0.632. The molecule has 1 aromatic rings. The largest absolute Gasteiger partial charge is 0.352 e. The Morgan fingerprint density at radius 2 is 1.72 bits per heavy atom. The summed E-state index contributed by atoms with van der Waals surface area (Å²) in [4.78, 5) is 12.9. The van der Waals surface area contributed by atoms with Crippen molar-refractivity contribution in [2.24, 2.45) is 0 Å². The number of hydrogen-bond acceptors (Lipinski definition) is 3. The summed E-state index contributed by atoms with van der Waals surface area (Å²) >= 11 is 0. The Morgan fingerprint density at radius 1 is 1.16 bits per heavy atom. The van der Waals surface area contributed by atoms with Gasteiger partial charge >= 0.3 is 0 Å². The van der Waals surface area contributed by atoms with Crippen LogP contribution >= 0.6 is 0 Å². The lowest BCUT2D eigenvalue weighted by Crippen LogP contribution is -2.51. The summed E-state index contributed by atoms with van der Waals surface area (Å²) in [6, 6.07) is 6.69. The molecule has 1 unspecified atom stereocenters. The van der Waals surface area contributed by atoms with Gasteiger partial charge in [0.1, 0.15) is 6.04 Å². The first-order chi connectivity index (χ1) is 11.8. The van der Waals surface area contributed by atoms with E-state index in [1.807, 2.05) is 26.0 Å².